The highest BCUT2D eigenvalue weighted by atomic mass is 16.5. The molecule has 98 valence electrons. The molecule has 0 saturated heterocycles. The first kappa shape index (κ1) is 12.9. The fourth-order valence-electron chi connectivity index (χ4n) is 2.18. The van der Waals surface area contributed by atoms with Crippen molar-refractivity contribution < 1.29 is 9.53 Å². The smallest absolute Gasteiger partial charge is 0.221 e. The van der Waals surface area contributed by atoms with Crippen molar-refractivity contribution in [3.63, 3.8) is 0 Å². The van der Waals surface area contributed by atoms with Crippen LogP contribution in [-0.2, 0) is 16.0 Å². The first-order valence-corrected chi connectivity index (χ1v) is 6.32. The summed E-state index contributed by atoms with van der Waals surface area (Å²) in [5.41, 5.74) is 7.21. The van der Waals surface area contributed by atoms with Crippen LogP contribution in [0.2, 0.25) is 0 Å². The summed E-state index contributed by atoms with van der Waals surface area (Å²) in [5, 5.41) is 3.48. The van der Waals surface area contributed by atoms with Crippen molar-refractivity contribution in [2.45, 2.75) is 25.3 Å². The van der Waals surface area contributed by atoms with Crippen LogP contribution in [0.1, 0.15) is 18.4 Å². The first-order valence-electron chi connectivity index (χ1n) is 6.32. The lowest BCUT2D eigenvalue weighted by molar-refractivity contribution is -0.117. The lowest BCUT2D eigenvalue weighted by Gasteiger charge is -2.20. The Morgan fingerprint density at radius 3 is 2.83 bits per heavy atom. The van der Waals surface area contributed by atoms with E-state index in [1.165, 1.54) is 12.8 Å². The number of nitrogens with one attached hydrogen (secondary N) is 1. The van der Waals surface area contributed by atoms with Crippen LogP contribution in [0.15, 0.2) is 24.3 Å². The molecule has 1 aromatic carbocycles. The molecule has 2 rings (SSSR count). The molecule has 0 spiro atoms. The Morgan fingerprint density at radius 2 is 2.22 bits per heavy atom. The molecule has 0 radical (unpaired) electrons. The molecule has 4 heteroatoms. The monoisotopic (exact) mass is 248 g/mol. The van der Waals surface area contributed by atoms with E-state index < -0.39 is 0 Å². The van der Waals surface area contributed by atoms with Gasteiger partial charge in [0.05, 0.1) is 19.1 Å². The minimum Gasteiger partial charge on any atom is -0.383 e. The summed E-state index contributed by atoms with van der Waals surface area (Å²) < 4.78 is 5.24. The first-order chi connectivity index (χ1) is 8.70. The van der Waals surface area contributed by atoms with Gasteiger partial charge in [-0.3, -0.25) is 4.79 Å². The van der Waals surface area contributed by atoms with E-state index in [-0.39, 0.29) is 12.3 Å². The third kappa shape index (κ3) is 3.47. The Labute approximate surface area is 108 Å². The van der Waals surface area contributed by atoms with Crippen LogP contribution in [0, 0.1) is 5.92 Å². The summed E-state index contributed by atoms with van der Waals surface area (Å²) in [5.74, 6) is 0.380. The summed E-state index contributed by atoms with van der Waals surface area (Å²) in [4.78, 5) is 11.0. The van der Waals surface area contributed by atoms with Gasteiger partial charge >= 0.3 is 0 Å². The number of amides is 1. The summed E-state index contributed by atoms with van der Waals surface area (Å²) in [6.07, 6.45) is 2.77. The number of rotatable bonds is 7. The summed E-state index contributed by atoms with van der Waals surface area (Å²) in [6.45, 7) is 0.690. The molecule has 3 N–H and O–H groups in total. The van der Waals surface area contributed by atoms with Crippen LogP contribution in [0.4, 0.5) is 5.69 Å². The van der Waals surface area contributed by atoms with Gasteiger partial charge in [-0.2, -0.15) is 0 Å². The largest absolute Gasteiger partial charge is 0.383 e. The van der Waals surface area contributed by atoms with Gasteiger partial charge in [0.25, 0.3) is 0 Å². The predicted molar refractivity (Wildman–Crippen MR) is 71.4 cm³/mol. The Hall–Kier alpha value is -1.55. The zero-order chi connectivity index (χ0) is 13.0. The summed E-state index contributed by atoms with van der Waals surface area (Å²) in [6, 6.07) is 8.13. The number of nitrogens with two attached hydrogens (primary N) is 1. The van der Waals surface area contributed by atoms with E-state index in [1.54, 1.807) is 7.11 Å². The van der Waals surface area contributed by atoms with Crippen molar-refractivity contribution in [1.29, 1.82) is 0 Å². The fraction of sp³-hybridized carbons (Fsp3) is 0.500. The topological polar surface area (TPSA) is 64.3 Å². The zero-order valence-electron chi connectivity index (χ0n) is 10.7. The van der Waals surface area contributed by atoms with E-state index in [0.717, 1.165) is 11.3 Å². The molecule has 1 saturated carbocycles. The van der Waals surface area contributed by atoms with E-state index in [1.807, 2.05) is 24.3 Å². The number of carbonyl (C=O) groups excluding carboxylic acids is 1. The van der Waals surface area contributed by atoms with Crippen molar-refractivity contribution in [3.8, 4) is 0 Å². The standard InChI is InChI=1S/C14H20N2O2/c1-18-9-13(10-6-7-10)16-12-5-3-2-4-11(12)8-14(15)17/h2-5,10,13,16H,6-9H2,1H3,(H2,15,17). The van der Waals surface area contributed by atoms with Crippen LogP contribution in [-0.4, -0.2) is 25.7 Å². The SMILES string of the molecule is COCC(Nc1ccccc1CC(N)=O)C1CC1. The molecule has 1 fully saturated rings. The normalized spacial score (nSPS) is 16.3. The van der Waals surface area contributed by atoms with Crippen molar-refractivity contribution >= 4 is 11.6 Å². The van der Waals surface area contributed by atoms with Crippen molar-refractivity contribution in [1.82, 2.24) is 0 Å². The van der Waals surface area contributed by atoms with E-state index in [2.05, 4.69) is 5.32 Å². The Balaban J connectivity index is 2.08. The molecule has 1 aliphatic rings. The zero-order valence-corrected chi connectivity index (χ0v) is 10.7. The molecular formula is C14H20N2O2. The van der Waals surface area contributed by atoms with Crippen LogP contribution in [0.25, 0.3) is 0 Å². The maximum atomic E-state index is 11.0. The molecule has 0 bridgehead atoms. The van der Waals surface area contributed by atoms with Gasteiger partial charge in [-0.05, 0) is 30.4 Å². The molecular weight excluding hydrogens is 228 g/mol. The van der Waals surface area contributed by atoms with Gasteiger partial charge in [-0.1, -0.05) is 18.2 Å². The van der Waals surface area contributed by atoms with E-state index >= 15 is 0 Å². The highest BCUT2D eigenvalue weighted by molar-refractivity contribution is 5.78. The van der Waals surface area contributed by atoms with Crippen molar-refractivity contribution in [2.75, 3.05) is 19.0 Å². The number of hydrogen-bond donors (Lipinski definition) is 2. The van der Waals surface area contributed by atoms with Crippen LogP contribution in [0.3, 0.4) is 0 Å². The number of primary amides is 1. The molecule has 1 atom stereocenters. The molecule has 0 aromatic heterocycles. The number of methoxy groups -OCH3 is 1. The van der Waals surface area contributed by atoms with Crippen molar-refractivity contribution in [2.24, 2.45) is 11.7 Å². The molecule has 18 heavy (non-hydrogen) atoms. The minimum atomic E-state index is -0.307. The van der Waals surface area contributed by atoms with E-state index in [4.69, 9.17) is 10.5 Å². The second-order valence-electron chi connectivity index (χ2n) is 4.84. The molecule has 0 heterocycles. The van der Waals surface area contributed by atoms with Crippen LogP contribution in [0.5, 0.6) is 0 Å². The third-order valence-corrected chi connectivity index (χ3v) is 3.26. The fourth-order valence-corrected chi connectivity index (χ4v) is 2.18. The summed E-state index contributed by atoms with van der Waals surface area (Å²) in [7, 11) is 1.71. The molecule has 0 aliphatic heterocycles. The second kappa shape index (κ2) is 5.87. The van der Waals surface area contributed by atoms with Crippen molar-refractivity contribution in [3.05, 3.63) is 29.8 Å². The average Bonchev–Trinajstić information content (AvgIpc) is 3.14. The molecule has 1 amide bonds. The Bertz CT molecular complexity index is 416. The molecule has 4 nitrogen and oxygen atoms in total. The highest BCUT2D eigenvalue weighted by Gasteiger charge is 2.31. The number of para-hydroxylation sites is 1. The highest BCUT2D eigenvalue weighted by Crippen LogP contribution is 2.34. The second-order valence-corrected chi connectivity index (χ2v) is 4.84. The quantitative estimate of drug-likeness (QED) is 0.769. The van der Waals surface area contributed by atoms with Gasteiger partial charge in [0.1, 0.15) is 0 Å². The minimum absolute atomic E-state index is 0.271. The number of carbonyl (C=O) groups is 1. The number of anilines is 1. The maximum absolute atomic E-state index is 11.0. The van der Waals surface area contributed by atoms with Gasteiger partial charge in [-0.25, -0.2) is 0 Å². The van der Waals surface area contributed by atoms with Gasteiger partial charge in [-0.15, -0.1) is 0 Å². The van der Waals surface area contributed by atoms with Gasteiger partial charge < -0.3 is 15.8 Å². The van der Waals surface area contributed by atoms with E-state index in [0.29, 0.717) is 18.6 Å². The summed E-state index contributed by atoms with van der Waals surface area (Å²) >= 11 is 0. The number of ether oxygens (including phenoxy) is 1. The van der Waals surface area contributed by atoms with Gasteiger partial charge in [0.2, 0.25) is 5.91 Å². The molecule has 1 aliphatic carbocycles. The number of hydrogen-bond acceptors (Lipinski definition) is 3. The Morgan fingerprint density at radius 1 is 1.50 bits per heavy atom. The van der Waals surface area contributed by atoms with Gasteiger partial charge in [0.15, 0.2) is 0 Å². The lowest BCUT2D eigenvalue weighted by Crippen LogP contribution is -2.28. The van der Waals surface area contributed by atoms with Crippen LogP contribution >= 0.6 is 0 Å². The predicted octanol–water partition coefficient (Wildman–Crippen LogP) is 1.55. The van der Waals surface area contributed by atoms with Gasteiger partial charge in [0, 0.05) is 12.8 Å². The molecule has 1 unspecified atom stereocenters. The Kier molecular flexibility index (Phi) is 4.20. The maximum Gasteiger partial charge on any atom is 0.221 e. The third-order valence-electron chi connectivity index (χ3n) is 3.26. The number of benzene rings is 1. The van der Waals surface area contributed by atoms with E-state index in [9.17, 15) is 4.79 Å². The average molecular weight is 248 g/mol. The molecule has 1 aromatic rings. The lowest BCUT2D eigenvalue weighted by atomic mass is 10.1. The van der Waals surface area contributed by atoms with Crippen LogP contribution < -0.4 is 11.1 Å².